The number of hydrogen-bond acceptors (Lipinski definition) is 6. The van der Waals surface area contributed by atoms with Crippen molar-refractivity contribution in [2.75, 3.05) is 31.6 Å². The molecular weight excluding hydrogens is 426 g/mol. The van der Waals surface area contributed by atoms with Crippen molar-refractivity contribution < 1.29 is 13.5 Å². The van der Waals surface area contributed by atoms with Crippen molar-refractivity contribution in [3.8, 4) is 11.4 Å². The van der Waals surface area contributed by atoms with Crippen molar-refractivity contribution in [3.05, 3.63) is 41.1 Å². The highest BCUT2D eigenvalue weighted by Gasteiger charge is 2.28. The van der Waals surface area contributed by atoms with E-state index in [1.165, 1.54) is 28.9 Å². The Kier molecular flexibility index (Phi) is 5.73. The average Bonchev–Trinajstić information content (AvgIpc) is 3.16. The van der Waals surface area contributed by atoms with Gasteiger partial charge < -0.3 is 10.1 Å². The first-order valence-electron chi connectivity index (χ1n) is 10.5. The minimum Gasteiger partial charge on any atom is -0.379 e. The molecule has 0 amide bonds. The molecule has 7 nitrogen and oxygen atoms in total. The zero-order valence-electron chi connectivity index (χ0n) is 16.9. The van der Waals surface area contributed by atoms with Crippen LogP contribution < -0.4 is 5.32 Å². The van der Waals surface area contributed by atoms with E-state index in [2.05, 4.69) is 25.3 Å². The number of ether oxygens (including phenoxy) is 1. The second-order valence-electron chi connectivity index (χ2n) is 7.99. The fourth-order valence-corrected chi connectivity index (χ4v) is 4.64. The summed E-state index contributed by atoms with van der Waals surface area (Å²) in [4.78, 5) is 11.2. The van der Waals surface area contributed by atoms with E-state index in [4.69, 9.17) is 16.3 Å². The number of benzene rings is 1. The topological polar surface area (TPSA) is 67.6 Å². The minimum absolute atomic E-state index is 0.0602. The average molecular weight is 449 g/mol. The van der Waals surface area contributed by atoms with Crippen LogP contribution in [0.25, 0.3) is 17.0 Å². The molecule has 2 aromatic heterocycles. The first kappa shape index (κ1) is 20.5. The van der Waals surface area contributed by atoms with Gasteiger partial charge in [-0.2, -0.15) is 14.6 Å². The van der Waals surface area contributed by atoms with Gasteiger partial charge in [0.25, 0.3) is 0 Å². The van der Waals surface area contributed by atoms with Crippen molar-refractivity contribution in [2.24, 2.45) is 0 Å². The van der Waals surface area contributed by atoms with Crippen molar-refractivity contribution in [1.29, 1.82) is 0 Å². The molecule has 3 heterocycles. The predicted octanol–water partition coefficient (Wildman–Crippen LogP) is 3.78. The molecule has 0 bridgehead atoms. The standard InChI is InChI=1S/C21H23ClF2N6O/c22-15-12-25-30-20(15)27-19(18-16(23)2-1-3-17(18)24)28-21(30)26-13-4-6-14(7-5-13)29-8-10-31-11-9-29/h1-3,12-14H,4-11H2,(H,26,27,28). The molecule has 1 aliphatic heterocycles. The molecule has 1 saturated carbocycles. The SMILES string of the molecule is Fc1cccc(F)c1-c1nc(NC2CCC(N3CCOCC3)CC2)n2ncc(Cl)c2n1. The van der Waals surface area contributed by atoms with Crippen LogP contribution in [-0.2, 0) is 4.74 Å². The summed E-state index contributed by atoms with van der Waals surface area (Å²) < 4.78 is 35.7. The Morgan fingerprint density at radius 2 is 1.74 bits per heavy atom. The molecule has 0 spiro atoms. The van der Waals surface area contributed by atoms with Crippen LogP contribution in [0.3, 0.4) is 0 Å². The molecule has 10 heteroatoms. The number of aromatic nitrogens is 4. The Morgan fingerprint density at radius 3 is 2.45 bits per heavy atom. The normalized spacial score (nSPS) is 22.7. The maximum Gasteiger partial charge on any atom is 0.228 e. The molecule has 3 aromatic rings. The number of nitrogens with zero attached hydrogens (tertiary/aromatic N) is 5. The molecule has 2 aliphatic rings. The molecule has 2 fully saturated rings. The maximum atomic E-state index is 14.4. The van der Waals surface area contributed by atoms with Crippen molar-refractivity contribution in [2.45, 2.75) is 37.8 Å². The highest BCUT2D eigenvalue weighted by atomic mass is 35.5. The number of halogens is 3. The van der Waals surface area contributed by atoms with Gasteiger partial charge in [-0.05, 0) is 37.8 Å². The van der Waals surface area contributed by atoms with Gasteiger partial charge in [-0.1, -0.05) is 17.7 Å². The van der Waals surface area contributed by atoms with E-state index < -0.39 is 11.6 Å². The molecule has 1 aliphatic carbocycles. The molecule has 1 saturated heterocycles. The van der Waals surface area contributed by atoms with Crippen LogP contribution in [-0.4, -0.2) is 62.9 Å². The van der Waals surface area contributed by atoms with E-state index >= 15 is 0 Å². The molecule has 0 unspecified atom stereocenters. The summed E-state index contributed by atoms with van der Waals surface area (Å²) in [6.07, 6.45) is 5.52. The van der Waals surface area contributed by atoms with E-state index in [9.17, 15) is 8.78 Å². The van der Waals surface area contributed by atoms with Crippen LogP contribution >= 0.6 is 11.6 Å². The van der Waals surface area contributed by atoms with E-state index in [1.54, 1.807) is 0 Å². The van der Waals surface area contributed by atoms with Gasteiger partial charge in [0.15, 0.2) is 11.5 Å². The third-order valence-electron chi connectivity index (χ3n) is 6.10. The molecule has 1 aromatic carbocycles. The van der Waals surface area contributed by atoms with E-state index in [1.807, 2.05) is 0 Å². The third-order valence-corrected chi connectivity index (χ3v) is 6.37. The van der Waals surface area contributed by atoms with E-state index in [0.29, 0.717) is 22.7 Å². The molecule has 164 valence electrons. The van der Waals surface area contributed by atoms with Gasteiger partial charge in [-0.3, -0.25) is 4.90 Å². The van der Waals surface area contributed by atoms with Crippen LogP contribution in [0, 0.1) is 11.6 Å². The molecule has 31 heavy (non-hydrogen) atoms. The maximum absolute atomic E-state index is 14.4. The molecule has 0 radical (unpaired) electrons. The van der Waals surface area contributed by atoms with Crippen LogP contribution in [0.15, 0.2) is 24.4 Å². The smallest absolute Gasteiger partial charge is 0.228 e. The van der Waals surface area contributed by atoms with E-state index in [-0.39, 0.29) is 17.4 Å². The van der Waals surface area contributed by atoms with Crippen molar-refractivity contribution in [1.82, 2.24) is 24.5 Å². The number of rotatable bonds is 4. The fraction of sp³-hybridized carbons (Fsp3) is 0.476. The van der Waals surface area contributed by atoms with Gasteiger partial charge in [0.2, 0.25) is 5.95 Å². The van der Waals surface area contributed by atoms with Gasteiger partial charge in [0.05, 0.1) is 25.0 Å². The summed E-state index contributed by atoms with van der Waals surface area (Å²) >= 11 is 6.23. The summed E-state index contributed by atoms with van der Waals surface area (Å²) in [6, 6.07) is 4.42. The van der Waals surface area contributed by atoms with Crippen LogP contribution in [0.1, 0.15) is 25.7 Å². The van der Waals surface area contributed by atoms with E-state index in [0.717, 1.165) is 52.0 Å². The quantitative estimate of drug-likeness (QED) is 0.655. The Balaban J connectivity index is 1.40. The first-order valence-corrected chi connectivity index (χ1v) is 10.9. The lowest BCUT2D eigenvalue weighted by Gasteiger charge is -2.38. The second-order valence-corrected chi connectivity index (χ2v) is 8.40. The molecule has 1 N–H and O–H groups in total. The Hall–Kier alpha value is -2.36. The molecular formula is C21H23ClF2N6O. The lowest BCUT2D eigenvalue weighted by molar-refractivity contribution is 0.00789. The first-order chi connectivity index (χ1) is 15.1. The summed E-state index contributed by atoms with van der Waals surface area (Å²) in [6.45, 7) is 3.57. The molecule has 5 rings (SSSR count). The number of anilines is 1. The second kappa shape index (κ2) is 8.64. The van der Waals surface area contributed by atoms with Crippen LogP contribution in [0.5, 0.6) is 0 Å². The Labute approximate surface area is 183 Å². The summed E-state index contributed by atoms with van der Waals surface area (Å²) in [5.41, 5.74) is 0.0279. The summed E-state index contributed by atoms with van der Waals surface area (Å²) in [5, 5.41) is 7.94. The van der Waals surface area contributed by atoms with Gasteiger partial charge >= 0.3 is 0 Å². The number of nitrogens with one attached hydrogen (secondary N) is 1. The lowest BCUT2D eigenvalue weighted by atomic mass is 9.90. The largest absolute Gasteiger partial charge is 0.379 e. The zero-order chi connectivity index (χ0) is 21.4. The van der Waals surface area contributed by atoms with Crippen molar-refractivity contribution >= 4 is 23.2 Å². The van der Waals surface area contributed by atoms with Crippen molar-refractivity contribution in [3.63, 3.8) is 0 Å². The number of morpholine rings is 1. The fourth-order valence-electron chi connectivity index (χ4n) is 4.48. The van der Waals surface area contributed by atoms with Gasteiger partial charge in [-0.25, -0.2) is 13.8 Å². The van der Waals surface area contributed by atoms with Gasteiger partial charge in [0.1, 0.15) is 16.7 Å². The molecule has 0 atom stereocenters. The highest BCUT2D eigenvalue weighted by molar-refractivity contribution is 6.33. The monoisotopic (exact) mass is 448 g/mol. The summed E-state index contributed by atoms with van der Waals surface area (Å²) in [7, 11) is 0. The Bertz CT molecular complexity index is 1060. The zero-order valence-corrected chi connectivity index (χ0v) is 17.7. The van der Waals surface area contributed by atoms with Gasteiger partial charge in [0, 0.05) is 25.2 Å². The highest BCUT2D eigenvalue weighted by Crippen LogP contribution is 2.29. The number of hydrogen-bond donors (Lipinski definition) is 1. The number of fused-ring (bicyclic) bond motifs is 1. The summed E-state index contributed by atoms with van der Waals surface area (Å²) in [5.74, 6) is -1.13. The minimum atomic E-state index is -0.725. The lowest BCUT2D eigenvalue weighted by Crippen LogP contribution is -2.46. The predicted molar refractivity (Wildman–Crippen MR) is 113 cm³/mol. The van der Waals surface area contributed by atoms with Gasteiger partial charge in [-0.15, -0.1) is 0 Å². The third kappa shape index (κ3) is 4.09. The van der Waals surface area contributed by atoms with Crippen LogP contribution in [0.2, 0.25) is 5.02 Å². The van der Waals surface area contributed by atoms with Crippen LogP contribution in [0.4, 0.5) is 14.7 Å². The Morgan fingerprint density at radius 1 is 1.03 bits per heavy atom.